The van der Waals surface area contributed by atoms with E-state index < -0.39 is 12.0 Å². The fraction of sp³-hybridized carbons (Fsp3) is 0.500. The third kappa shape index (κ3) is 2.68. The lowest BCUT2D eigenvalue weighted by Gasteiger charge is -2.32. The van der Waals surface area contributed by atoms with Gasteiger partial charge in [0, 0.05) is 37.3 Å². The molecule has 8 nitrogen and oxygen atoms in total. The van der Waals surface area contributed by atoms with Crippen molar-refractivity contribution >= 4 is 11.9 Å². The quantitative estimate of drug-likeness (QED) is 0.887. The first-order valence-corrected chi connectivity index (χ1v) is 8.04. The second-order valence-electron chi connectivity index (χ2n) is 6.20. The van der Waals surface area contributed by atoms with Gasteiger partial charge < -0.3 is 18.9 Å². The number of hydrogen-bond donors (Lipinski definition) is 1. The van der Waals surface area contributed by atoms with Crippen molar-refractivity contribution in [3.05, 3.63) is 35.4 Å². The standard InChI is InChI=1S/C16H17N3O5/c20-13(4-3-12-17-15(18-24-12)9-1-2-9)19-7-5-11-10(6-8-23-11)14(19)16(21)22/h6,8-9,14H,1-5,7H2,(H,21,22). The highest BCUT2D eigenvalue weighted by Gasteiger charge is 2.37. The van der Waals surface area contributed by atoms with Crippen molar-refractivity contribution in [2.75, 3.05) is 6.54 Å². The number of carbonyl (C=O) groups is 2. The molecule has 1 saturated carbocycles. The minimum absolute atomic E-state index is 0.142. The number of amides is 1. The second-order valence-corrected chi connectivity index (χ2v) is 6.20. The third-order valence-corrected chi connectivity index (χ3v) is 4.50. The molecule has 8 heteroatoms. The molecule has 2 aliphatic rings. The lowest BCUT2D eigenvalue weighted by molar-refractivity contribution is -0.151. The van der Waals surface area contributed by atoms with Crippen LogP contribution < -0.4 is 0 Å². The molecule has 0 aromatic carbocycles. The minimum Gasteiger partial charge on any atom is -0.479 e. The van der Waals surface area contributed by atoms with Gasteiger partial charge >= 0.3 is 5.97 Å². The normalized spacial score (nSPS) is 20.0. The van der Waals surface area contributed by atoms with E-state index in [0.717, 1.165) is 12.8 Å². The SMILES string of the molecule is O=C(O)C1c2ccoc2CCN1C(=O)CCc1nc(C2CC2)no1. The van der Waals surface area contributed by atoms with E-state index in [1.54, 1.807) is 6.07 Å². The molecule has 1 N–H and O–H groups in total. The van der Waals surface area contributed by atoms with Crippen molar-refractivity contribution in [3.63, 3.8) is 0 Å². The number of rotatable bonds is 5. The van der Waals surface area contributed by atoms with E-state index in [0.29, 0.717) is 48.3 Å². The maximum Gasteiger partial charge on any atom is 0.331 e. The third-order valence-electron chi connectivity index (χ3n) is 4.50. The lowest BCUT2D eigenvalue weighted by Crippen LogP contribution is -2.43. The van der Waals surface area contributed by atoms with E-state index in [2.05, 4.69) is 10.1 Å². The minimum atomic E-state index is -1.06. The fourth-order valence-corrected chi connectivity index (χ4v) is 3.09. The number of fused-ring (bicyclic) bond motifs is 1. The number of hydrogen-bond acceptors (Lipinski definition) is 6. The van der Waals surface area contributed by atoms with Gasteiger partial charge in [-0.2, -0.15) is 4.98 Å². The van der Waals surface area contributed by atoms with Gasteiger partial charge in [-0.3, -0.25) is 4.79 Å². The van der Waals surface area contributed by atoms with Crippen LogP contribution in [0.3, 0.4) is 0 Å². The molecule has 2 aromatic heterocycles. The van der Waals surface area contributed by atoms with Crippen LogP contribution in [0, 0.1) is 0 Å². The zero-order chi connectivity index (χ0) is 16.7. The van der Waals surface area contributed by atoms with E-state index >= 15 is 0 Å². The fourth-order valence-electron chi connectivity index (χ4n) is 3.09. The van der Waals surface area contributed by atoms with Gasteiger partial charge in [0.25, 0.3) is 0 Å². The summed E-state index contributed by atoms with van der Waals surface area (Å²) < 4.78 is 10.4. The highest BCUT2D eigenvalue weighted by atomic mass is 16.5. The number of carbonyl (C=O) groups excluding carboxylic acids is 1. The average Bonchev–Trinajstić information content (AvgIpc) is 3.12. The number of aryl methyl sites for hydroxylation is 1. The zero-order valence-corrected chi connectivity index (χ0v) is 13.0. The molecule has 1 atom stereocenters. The smallest absolute Gasteiger partial charge is 0.331 e. The topological polar surface area (TPSA) is 110 Å². The molecule has 1 aliphatic carbocycles. The lowest BCUT2D eigenvalue weighted by atomic mass is 9.99. The summed E-state index contributed by atoms with van der Waals surface area (Å²) in [7, 11) is 0. The molecule has 1 aliphatic heterocycles. The van der Waals surface area contributed by atoms with Crippen LogP contribution in [0.2, 0.25) is 0 Å². The first kappa shape index (κ1) is 14.9. The number of carboxylic acid groups (broad SMARTS) is 1. The molecule has 0 radical (unpaired) electrons. The maximum absolute atomic E-state index is 12.5. The summed E-state index contributed by atoms with van der Waals surface area (Å²) in [5.74, 6) is 0.883. The maximum atomic E-state index is 12.5. The molecular formula is C16H17N3O5. The van der Waals surface area contributed by atoms with Gasteiger partial charge in [0.15, 0.2) is 11.9 Å². The summed E-state index contributed by atoms with van der Waals surface area (Å²) in [5.41, 5.74) is 0.552. The largest absolute Gasteiger partial charge is 0.479 e. The first-order chi connectivity index (χ1) is 11.6. The summed E-state index contributed by atoms with van der Waals surface area (Å²) in [5, 5.41) is 13.4. The van der Waals surface area contributed by atoms with Crippen LogP contribution in [0.15, 0.2) is 21.3 Å². The molecule has 2 aromatic rings. The van der Waals surface area contributed by atoms with Crippen LogP contribution in [0.1, 0.15) is 54.3 Å². The molecule has 3 heterocycles. The summed E-state index contributed by atoms with van der Waals surface area (Å²) in [4.78, 5) is 29.8. The second kappa shape index (κ2) is 5.77. The Morgan fingerprint density at radius 2 is 2.21 bits per heavy atom. The van der Waals surface area contributed by atoms with E-state index in [1.807, 2.05) is 0 Å². The molecule has 0 saturated heterocycles. The van der Waals surface area contributed by atoms with Gasteiger partial charge in [-0.25, -0.2) is 4.79 Å². The van der Waals surface area contributed by atoms with Gasteiger partial charge in [0.1, 0.15) is 5.76 Å². The van der Waals surface area contributed by atoms with Crippen molar-refractivity contribution in [1.82, 2.24) is 15.0 Å². The number of aromatic nitrogens is 2. The van der Waals surface area contributed by atoms with Crippen LogP contribution >= 0.6 is 0 Å². The van der Waals surface area contributed by atoms with E-state index in [4.69, 9.17) is 8.94 Å². The van der Waals surface area contributed by atoms with Crippen LogP contribution in [-0.2, 0) is 22.4 Å². The van der Waals surface area contributed by atoms with Gasteiger partial charge in [-0.05, 0) is 18.9 Å². The summed E-state index contributed by atoms with van der Waals surface area (Å²) in [6.07, 6.45) is 4.61. The van der Waals surface area contributed by atoms with Crippen molar-refractivity contribution in [2.45, 2.75) is 44.1 Å². The molecule has 1 fully saturated rings. The predicted octanol–water partition coefficient (Wildman–Crippen LogP) is 1.68. The number of furan rings is 1. The van der Waals surface area contributed by atoms with Crippen LogP contribution in [0.5, 0.6) is 0 Å². The Balaban J connectivity index is 1.44. The molecule has 126 valence electrons. The highest BCUT2D eigenvalue weighted by molar-refractivity contribution is 5.85. The molecule has 4 rings (SSSR count). The van der Waals surface area contributed by atoms with Crippen molar-refractivity contribution in [2.24, 2.45) is 0 Å². The Morgan fingerprint density at radius 1 is 1.38 bits per heavy atom. The highest BCUT2D eigenvalue weighted by Crippen LogP contribution is 2.38. The summed E-state index contributed by atoms with van der Waals surface area (Å²) in [6, 6.07) is 0.623. The number of carboxylic acids is 1. The summed E-state index contributed by atoms with van der Waals surface area (Å²) in [6.45, 7) is 0.327. The first-order valence-electron chi connectivity index (χ1n) is 8.04. The van der Waals surface area contributed by atoms with Crippen molar-refractivity contribution in [3.8, 4) is 0 Å². The molecule has 0 spiro atoms. The Morgan fingerprint density at radius 3 is 2.96 bits per heavy atom. The van der Waals surface area contributed by atoms with Crippen LogP contribution in [0.25, 0.3) is 0 Å². The van der Waals surface area contributed by atoms with Crippen LogP contribution in [0.4, 0.5) is 0 Å². The van der Waals surface area contributed by atoms with E-state index in [-0.39, 0.29) is 12.3 Å². The molecule has 1 amide bonds. The van der Waals surface area contributed by atoms with Crippen molar-refractivity contribution < 1.29 is 23.6 Å². The molecular weight excluding hydrogens is 314 g/mol. The molecule has 0 bridgehead atoms. The van der Waals surface area contributed by atoms with E-state index in [9.17, 15) is 14.7 Å². The Hall–Kier alpha value is -2.64. The van der Waals surface area contributed by atoms with E-state index in [1.165, 1.54) is 11.2 Å². The van der Waals surface area contributed by atoms with Crippen molar-refractivity contribution in [1.29, 1.82) is 0 Å². The monoisotopic (exact) mass is 331 g/mol. The van der Waals surface area contributed by atoms with Gasteiger partial charge in [0.05, 0.1) is 6.26 Å². The zero-order valence-electron chi connectivity index (χ0n) is 13.0. The Labute approximate surface area is 137 Å². The average molecular weight is 331 g/mol. The molecule has 24 heavy (non-hydrogen) atoms. The van der Waals surface area contributed by atoms with Gasteiger partial charge in [-0.15, -0.1) is 0 Å². The van der Waals surface area contributed by atoms with Gasteiger partial charge in [0.2, 0.25) is 11.8 Å². The Kier molecular flexibility index (Phi) is 3.59. The molecule has 1 unspecified atom stereocenters. The van der Waals surface area contributed by atoms with Crippen LogP contribution in [-0.4, -0.2) is 38.6 Å². The van der Waals surface area contributed by atoms with Gasteiger partial charge in [-0.1, -0.05) is 5.16 Å². The Bertz CT molecular complexity index is 776. The number of aliphatic carboxylic acids is 1. The summed E-state index contributed by atoms with van der Waals surface area (Å²) >= 11 is 0. The predicted molar refractivity (Wildman–Crippen MR) is 79.1 cm³/mol. The number of nitrogens with zero attached hydrogens (tertiary/aromatic N) is 3.